The minimum atomic E-state index is -4.08. The van der Waals surface area contributed by atoms with Crippen LogP contribution in [0.5, 0.6) is 0 Å². The molecule has 0 atom stereocenters. The monoisotopic (exact) mass is 431 g/mol. The van der Waals surface area contributed by atoms with Gasteiger partial charge in [-0.05, 0) is 36.8 Å². The fraction of sp³-hybridized carbons (Fsp3) is 0.167. The van der Waals surface area contributed by atoms with Crippen molar-refractivity contribution in [3.8, 4) is 6.07 Å². The minimum Gasteiger partial charge on any atom is -0.240 e. The molecule has 3 aromatic rings. The molecule has 0 radical (unpaired) electrons. The molecule has 0 aliphatic heterocycles. The summed E-state index contributed by atoms with van der Waals surface area (Å²) in [5.74, 6) is 0. The molecular weight excluding hydrogens is 414 g/mol. The molecule has 1 aromatic carbocycles. The summed E-state index contributed by atoms with van der Waals surface area (Å²) in [5, 5.41) is 17.2. The molecule has 0 spiro atoms. The molecule has 0 bridgehead atoms. The number of sulfonamides is 1. The summed E-state index contributed by atoms with van der Waals surface area (Å²) in [6, 6.07) is 9.17. The van der Waals surface area contributed by atoms with Crippen LogP contribution in [0.1, 0.15) is 16.7 Å². The van der Waals surface area contributed by atoms with Crippen LogP contribution in [0.15, 0.2) is 57.6 Å². The van der Waals surface area contributed by atoms with Gasteiger partial charge in [0.1, 0.15) is 0 Å². The van der Waals surface area contributed by atoms with Crippen molar-refractivity contribution in [1.29, 1.82) is 5.26 Å². The Hall–Kier alpha value is -3.23. The maximum atomic E-state index is 12.9. The molecule has 0 aliphatic rings. The first-order valence-electron chi connectivity index (χ1n) is 8.25. The largest absolute Gasteiger partial charge is 0.279 e. The zero-order chi connectivity index (χ0) is 21.4. The molecule has 0 amide bonds. The fourth-order valence-electron chi connectivity index (χ4n) is 2.61. The Kier molecular flexibility index (Phi) is 5.16. The van der Waals surface area contributed by atoms with Gasteiger partial charge < -0.3 is 0 Å². The number of hydrazone groups is 1. The second-order valence-corrected chi connectivity index (χ2v) is 10.3. The Balaban J connectivity index is 1.99. The number of aromatic nitrogens is 2. The molecule has 0 unspecified atom stereocenters. The number of hydrogen-bond acceptors (Lipinski definition) is 7. The Labute approximate surface area is 168 Å². The Morgan fingerprint density at radius 2 is 1.93 bits per heavy atom. The van der Waals surface area contributed by atoms with Gasteiger partial charge in [-0.1, -0.05) is 6.07 Å². The van der Waals surface area contributed by atoms with Crippen molar-refractivity contribution < 1.29 is 16.8 Å². The average Bonchev–Trinajstić information content (AvgIpc) is 3.07. The van der Waals surface area contributed by atoms with Gasteiger partial charge >= 0.3 is 0 Å². The van der Waals surface area contributed by atoms with E-state index in [1.54, 1.807) is 25.3 Å². The molecule has 3 rings (SSSR count). The highest BCUT2D eigenvalue weighted by molar-refractivity contribution is 7.91. The van der Waals surface area contributed by atoms with E-state index in [1.165, 1.54) is 36.1 Å². The molecule has 0 saturated heterocycles. The van der Waals surface area contributed by atoms with E-state index in [0.717, 1.165) is 16.7 Å². The minimum absolute atomic E-state index is 0.0919. The van der Waals surface area contributed by atoms with Gasteiger partial charge in [0.25, 0.3) is 10.0 Å². The molecule has 9 nitrogen and oxygen atoms in total. The SMILES string of the molecule is Cc1ccc(S(C)(=O)=O)cc1S(=O)(=O)N(C)/N=C\c1cnn2ccc(C#N)cc12. The predicted octanol–water partition coefficient (Wildman–Crippen LogP) is 1.57. The van der Waals surface area contributed by atoms with Crippen molar-refractivity contribution in [2.24, 2.45) is 5.10 Å². The van der Waals surface area contributed by atoms with Gasteiger partial charge in [0.15, 0.2) is 9.84 Å². The number of fused-ring (bicyclic) bond motifs is 1. The first kappa shape index (κ1) is 20.5. The van der Waals surface area contributed by atoms with Gasteiger partial charge in [-0.2, -0.15) is 28.3 Å². The maximum Gasteiger partial charge on any atom is 0.279 e. The lowest BCUT2D eigenvalue weighted by Crippen LogP contribution is -2.23. The topological polar surface area (TPSA) is 125 Å². The van der Waals surface area contributed by atoms with E-state index in [-0.39, 0.29) is 9.79 Å². The van der Waals surface area contributed by atoms with Gasteiger partial charge in [0, 0.05) is 25.1 Å². The van der Waals surface area contributed by atoms with Gasteiger partial charge in [0.2, 0.25) is 0 Å². The predicted molar refractivity (Wildman–Crippen MR) is 107 cm³/mol. The smallest absolute Gasteiger partial charge is 0.240 e. The van der Waals surface area contributed by atoms with E-state index in [2.05, 4.69) is 10.2 Å². The van der Waals surface area contributed by atoms with Crippen LogP contribution < -0.4 is 0 Å². The molecule has 0 aliphatic carbocycles. The third kappa shape index (κ3) is 3.98. The Bertz CT molecular complexity index is 1380. The Morgan fingerprint density at radius 1 is 1.21 bits per heavy atom. The molecule has 2 aromatic heterocycles. The molecule has 29 heavy (non-hydrogen) atoms. The number of rotatable bonds is 5. The zero-order valence-corrected chi connectivity index (χ0v) is 17.4. The van der Waals surface area contributed by atoms with E-state index in [4.69, 9.17) is 5.26 Å². The number of benzene rings is 1. The Morgan fingerprint density at radius 3 is 2.59 bits per heavy atom. The number of aryl methyl sites for hydroxylation is 1. The lowest BCUT2D eigenvalue weighted by Gasteiger charge is -2.16. The number of hydrogen-bond donors (Lipinski definition) is 0. The van der Waals surface area contributed by atoms with Gasteiger partial charge in [-0.3, -0.25) is 0 Å². The molecule has 150 valence electrons. The highest BCUT2D eigenvalue weighted by Gasteiger charge is 2.23. The molecule has 0 fully saturated rings. The van der Waals surface area contributed by atoms with Gasteiger partial charge in [-0.15, -0.1) is 0 Å². The van der Waals surface area contributed by atoms with E-state index in [0.29, 0.717) is 22.2 Å². The van der Waals surface area contributed by atoms with Crippen LogP contribution in [0.25, 0.3) is 5.52 Å². The van der Waals surface area contributed by atoms with Crippen molar-refractivity contribution in [3.05, 3.63) is 59.4 Å². The molecule has 0 N–H and O–H groups in total. The third-order valence-electron chi connectivity index (χ3n) is 4.25. The quantitative estimate of drug-likeness (QED) is 0.446. The number of pyridine rings is 1. The average molecular weight is 431 g/mol. The van der Waals surface area contributed by atoms with Crippen LogP contribution in [0.2, 0.25) is 0 Å². The van der Waals surface area contributed by atoms with Gasteiger partial charge in [-0.25, -0.2) is 12.9 Å². The highest BCUT2D eigenvalue weighted by atomic mass is 32.2. The second-order valence-electron chi connectivity index (χ2n) is 6.34. The highest BCUT2D eigenvalue weighted by Crippen LogP contribution is 2.23. The summed E-state index contributed by atoms with van der Waals surface area (Å²) in [5.41, 5.74) is 1.94. The van der Waals surface area contributed by atoms with E-state index < -0.39 is 19.9 Å². The number of nitrogens with zero attached hydrogens (tertiary/aromatic N) is 5. The molecular formula is C18H17N5O4S2. The summed E-state index contributed by atoms with van der Waals surface area (Å²) in [7, 11) is -6.39. The summed E-state index contributed by atoms with van der Waals surface area (Å²) in [6.07, 6.45) is 5.44. The number of sulfone groups is 1. The van der Waals surface area contributed by atoms with E-state index >= 15 is 0 Å². The normalized spacial score (nSPS) is 12.3. The van der Waals surface area contributed by atoms with Crippen LogP contribution >= 0.6 is 0 Å². The van der Waals surface area contributed by atoms with Crippen molar-refractivity contribution in [2.45, 2.75) is 16.7 Å². The summed E-state index contributed by atoms with van der Waals surface area (Å²) < 4.78 is 51.7. The van der Waals surface area contributed by atoms with Crippen molar-refractivity contribution in [1.82, 2.24) is 14.0 Å². The first-order chi connectivity index (χ1) is 13.5. The zero-order valence-electron chi connectivity index (χ0n) is 15.8. The molecule has 2 heterocycles. The third-order valence-corrected chi connectivity index (χ3v) is 7.15. The van der Waals surface area contributed by atoms with Gasteiger partial charge in [0.05, 0.1) is 39.4 Å². The lowest BCUT2D eigenvalue weighted by molar-refractivity contribution is 0.490. The standard InChI is InChI=1S/C18H17N5O4S2/c1-13-4-5-16(28(3,24)25)9-18(13)29(26,27)22(2)20-11-15-12-21-23-7-6-14(10-19)8-17(15)23/h4-9,11-12H,1-3H3/b20-11-. The number of nitriles is 1. The van der Waals surface area contributed by atoms with Crippen molar-refractivity contribution in [2.75, 3.05) is 13.3 Å². The van der Waals surface area contributed by atoms with E-state index in [1.807, 2.05) is 6.07 Å². The maximum absolute atomic E-state index is 12.9. The second kappa shape index (κ2) is 7.31. The lowest BCUT2D eigenvalue weighted by atomic mass is 10.2. The molecule has 0 saturated carbocycles. The molecule has 11 heteroatoms. The van der Waals surface area contributed by atoms with E-state index in [9.17, 15) is 16.8 Å². The summed E-state index contributed by atoms with van der Waals surface area (Å²) in [4.78, 5) is -0.238. The summed E-state index contributed by atoms with van der Waals surface area (Å²) in [6.45, 7) is 1.57. The van der Waals surface area contributed by atoms with Crippen LogP contribution in [-0.2, 0) is 19.9 Å². The van der Waals surface area contributed by atoms with Crippen molar-refractivity contribution in [3.63, 3.8) is 0 Å². The fourth-order valence-corrected chi connectivity index (χ4v) is 4.53. The van der Waals surface area contributed by atoms with Crippen LogP contribution in [0.3, 0.4) is 0 Å². The van der Waals surface area contributed by atoms with Crippen LogP contribution in [-0.4, -0.2) is 50.4 Å². The van der Waals surface area contributed by atoms with Crippen molar-refractivity contribution >= 4 is 31.6 Å². The van der Waals surface area contributed by atoms with Crippen LogP contribution in [0, 0.1) is 18.3 Å². The first-order valence-corrected chi connectivity index (χ1v) is 11.6. The summed E-state index contributed by atoms with van der Waals surface area (Å²) >= 11 is 0. The van der Waals surface area contributed by atoms with Crippen LogP contribution in [0.4, 0.5) is 0 Å².